The molecule has 3 N–H and O–H groups in total. The van der Waals surface area contributed by atoms with E-state index in [0.717, 1.165) is 26.5 Å². The average molecular weight is 297 g/mol. The second-order valence-electron chi connectivity index (χ2n) is 4.91. The van der Waals surface area contributed by atoms with Crippen LogP contribution in [0.1, 0.15) is 20.9 Å². The SMILES string of the molecule is Cc1nc2ccc(NC(=O)c3cccc(C)c3N)cc2s1. The number of amides is 1. The van der Waals surface area contributed by atoms with Gasteiger partial charge in [0, 0.05) is 11.4 Å². The average Bonchev–Trinajstić information content (AvgIpc) is 2.81. The molecule has 0 bridgehead atoms. The van der Waals surface area contributed by atoms with E-state index in [1.165, 1.54) is 0 Å². The van der Waals surface area contributed by atoms with E-state index in [1.54, 1.807) is 17.4 Å². The summed E-state index contributed by atoms with van der Waals surface area (Å²) in [6.07, 6.45) is 0. The van der Waals surface area contributed by atoms with Crippen LogP contribution in [0.25, 0.3) is 10.2 Å². The first-order chi connectivity index (χ1) is 10.0. The Morgan fingerprint density at radius 2 is 2.05 bits per heavy atom. The van der Waals surface area contributed by atoms with E-state index >= 15 is 0 Å². The Bertz CT molecular complexity index is 839. The molecule has 0 aliphatic heterocycles. The predicted molar refractivity (Wildman–Crippen MR) is 87.9 cm³/mol. The molecule has 21 heavy (non-hydrogen) atoms. The van der Waals surface area contributed by atoms with Crippen molar-refractivity contribution in [2.24, 2.45) is 0 Å². The number of carbonyl (C=O) groups excluding carboxylic acids is 1. The molecule has 5 heteroatoms. The number of thiazole rings is 1. The van der Waals surface area contributed by atoms with Crippen molar-refractivity contribution < 1.29 is 4.79 Å². The van der Waals surface area contributed by atoms with Gasteiger partial charge in [-0.2, -0.15) is 0 Å². The molecule has 0 aliphatic carbocycles. The lowest BCUT2D eigenvalue weighted by Crippen LogP contribution is -2.14. The van der Waals surface area contributed by atoms with E-state index < -0.39 is 0 Å². The molecule has 2 aromatic carbocycles. The van der Waals surface area contributed by atoms with Crippen molar-refractivity contribution in [1.82, 2.24) is 4.98 Å². The highest BCUT2D eigenvalue weighted by atomic mass is 32.1. The molecule has 3 rings (SSSR count). The van der Waals surface area contributed by atoms with Gasteiger partial charge in [-0.3, -0.25) is 4.79 Å². The summed E-state index contributed by atoms with van der Waals surface area (Å²) >= 11 is 1.61. The number of nitrogens with one attached hydrogen (secondary N) is 1. The summed E-state index contributed by atoms with van der Waals surface area (Å²) in [7, 11) is 0. The van der Waals surface area contributed by atoms with Crippen LogP contribution >= 0.6 is 11.3 Å². The summed E-state index contributed by atoms with van der Waals surface area (Å²) in [6, 6.07) is 11.1. The van der Waals surface area contributed by atoms with Gasteiger partial charge in [0.25, 0.3) is 5.91 Å². The number of aromatic nitrogens is 1. The van der Waals surface area contributed by atoms with Crippen LogP contribution in [-0.4, -0.2) is 10.9 Å². The Kier molecular flexibility index (Phi) is 3.35. The van der Waals surface area contributed by atoms with Crippen molar-refractivity contribution in [2.75, 3.05) is 11.1 Å². The second kappa shape index (κ2) is 5.18. The molecule has 0 atom stereocenters. The van der Waals surface area contributed by atoms with Gasteiger partial charge in [-0.1, -0.05) is 12.1 Å². The number of rotatable bonds is 2. The molecule has 1 amide bonds. The molecular formula is C16H15N3OS. The molecule has 0 spiro atoms. The molecular weight excluding hydrogens is 282 g/mol. The fourth-order valence-electron chi connectivity index (χ4n) is 2.19. The highest BCUT2D eigenvalue weighted by molar-refractivity contribution is 7.18. The number of nitrogen functional groups attached to an aromatic ring is 1. The number of carbonyl (C=O) groups is 1. The number of hydrogen-bond donors (Lipinski definition) is 2. The minimum atomic E-state index is -0.197. The number of anilines is 2. The fourth-order valence-corrected chi connectivity index (χ4v) is 3.06. The van der Waals surface area contributed by atoms with Crippen molar-refractivity contribution in [3.63, 3.8) is 0 Å². The van der Waals surface area contributed by atoms with Crippen LogP contribution in [0.4, 0.5) is 11.4 Å². The number of nitrogens with two attached hydrogens (primary N) is 1. The van der Waals surface area contributed by atoms with E-state index in [-0.39, 0.29) is 5.91 Å². The van der Waals surface area contributed by atoms with Crippen molar-refractivity contribution in [3.05, 3.63) is 52.5 Å². The van der Waals surface area contributed by atoms with Gasteiger partial charge >= 0.3 is 0 Å². The van der Waals surface area contributed by atoms with Gasteiger partial charge in [0.05, 0.1) is 20.8 Å². The summed E-state index contributed by atoms with van der Waals surface area (Å²) in [5.41, 5.74) is 9.57. The summed E-state index contributed by atoms with van der Waals surface area (Å²) in [5.74, 6) is -0.197. The van der Waals surface area contributed by atoms with Crippen LogP contribution in [0.3, 0.4) is 0 Å². The van der Waals surface area contributed by atoms with Gasteiger partial charge in [-0.05, 0) is 43.7 Å². The Labute approximate surface area is 126 Å². The lowest BCUT2D eigenvalue weighted by Gasteiger charge is -2.09. The standard InChI is InChI=1S/C16H15N3OS/c1-9-4-3-5-12(15(9)17)16(20)19-11-6-7-13-14(8-11)21-10(2)18-13/h3-8H,17H2,1-2H3,(H,19,20). The minimum absolute atomic E-state index is 0.197. The van der Waals surface area contributed by atoms with Crippen molar-refractivity contribution in [1.29, 1.82) is 0 Å². The van der Waals surface area contributed by atoms with Gasteiger partial charge in [-0.15, -0.1) is 11.3 Å². The normalized spacial score (nSPS) is 10.8. The fraction of sp³-hybridized carbons (Fsp3) is 0.125. The maximum absolute atomic E-state index is 12.3. The summed E-state index contributed by atoms with van der Waals surface area (Å²) < 4.78 is 1.06. The molecule has 1 heterocycles. The Morgan fingerprint density at radius 1 is 1.24 bits per heavy atom. The summed E-state index contributed by atoms with van der Waals surface area (Å²) in [5, 5.41) is 3.90. The maximum atomic E-state index is 12.3. The van der Waals surface area contributed by atoms with Gasteiger partial charge in [0.15, 0.2) is 0 Å². The number of para-hydroxylation sites is 1. The Morgan fingerprint density at radius 3 is 2.86 bits per heavy atom. The van der Waals surface area contributed by atoms with Gasteiger partial charge < -0.3 is 11.1 Å². The molecule has 0 fully saturated rings. The van der Waals surface area contributed by atoms with E-state index in [9.17, 15) is 4.79 Å². The molecule has 0 radical (unpaired) electrons. The summed E-state index contributed by atoms with van der Waals surface area (Å²) in [4.78, 5) is 16.7. The van der Waals surface area contributed by atoms with Crippen LogP contribution in [0.2, 0.25) is 0 Å². The van der Waals surface area contributed by atoms with Crippen LogP contribution in [-0.2, 0) is 0 Å². The molecule has 0 aliphatic rings. The first-order valence-corrected chi connectivity index (χ1v) is 7.40. The van der Waals surface area contributed by atoms with Crippen LogP contribution in [0.15, 0.2) is 36.4 Å². The highest BCUT2D eigenvalue weighted by Crippen LogP contribution is 2.25. The van der Waals surface area contributed by atoms with Crippen LogP contribution in [0, 0.1) is 13.8 Å². The third-order valence-electron chi connectivity index (χ3n) is 3.32. The molecule has 0 saturated heterocycles. The molecule has 106 valence electrons. The highest BCUT2D eigenvalue weighted by Gasteiger charge is 2.11. The van der Waals surface area contributed by atoms with Crippen LogP contribution in [0.5, 0.6) is 0 Å². The molecule has 3 aromatic rings. The number of aryl methyl sites for hydroxylation is 2. The van der Waals surface area contributed by atoms with Crippen LogP contribution < -0.4 is 11.1 Å². The summed E-state index contributed by atoms with van der Waals surface area (Å²) in [6.45, 7) is 3.86. The van der Waals surface area contributed by atoms with Crippen molar-refractivity contribution in [2.45, 2.75) is 13.8 Å². The zero-order valence-electron chi connectivity index (χ0n) is 11.8. The number of benzene rings is 2. The zero-order valence-corrected chi connectivity index (χ0v) is 12.6. The van der Waals surface area contributed by atoms with E-state index in [0.29, 0.717) is 11.3 Å². The third-order valence-corrected chi connectivity index (χ3v) is 4.26. The smallest absolute Gasteiger partial charge is 0.257 e. The van der Waals surface area contributed by atoms with Crippen molar-refractivity contribution >= 4 is 38.8 Å². The number of fused-ring (bicyclic) bond motifs is 1. The van der Waals surface area contributed by atoms with E-state index in [2.05, 4.69) is 10.3 Å². The quantitative estimate of drug-likeness (QED) is 0.708. The molecule has 0 unspecified atom stereocenters. The van der Waals surface area contributed by atoms with E-state index in [1.807, 2.05) is 44.2 Å². The monoisotopic (exact) mass is 297 g/mol. The molecule has 4 nitrogen and oxygen atoms in total. The first-order valence-electron chi connectivity index (χ1n) is 6.58. The second-order valence-corrected chi connectivity index (χ2v) is 6.14. The Balaban J connectivity index is 1.90. The first kappa shape index (κ1) is 13.6. The van der Waals surface area contributed by atoms with Gasteiger partial charge in [0.2, 0.25) is 0 Å². The van der Waals surface area contributed by atoms with Crippen molar-refractivity contribution in [3.8, 4) is 0 Å². The van der Waals surface area contributed by atoms with Gasteiger partial charge in [0.1, 0.15) is 0 Å². The largest absolute Gasteiger partial charge is 0.398 e. The predicted octanol–water partition coefficient (Wildman–Crippen LogP) is 3.75. The Hall–Kier alpha value is -2.40. The lowest BCUT2D eigenvalue weighted by atomic mass is 10.1. The molecule has 1 aromatic heterocycles. The molecule has 0 saturated carbocycles. The maximum Gasteiger partial charge on any atom is 0.257 e. The lowest BCUT2D eigenvalue weighted by molar-refractivity contribution is 0.102. The zero-order chi connectivity index (χ0) is 15.0. The van der Waals surface area contributed by atoms with Gasteiger partial charge in [-0.25, -0.2) is 4.98 Å². The number of nitrogens with zero attached hydrogens (tertiary/aromatic N) is 1. The minimum Gasteiger partial charge on any atom is -0.398 e. The van der Waals surface area contributed by atoms with E-state index in [4.69, 9.17) is 5.73 Å². The third kappa shape index (κ3) is 2.60. The number of hydrogen-bond acceptors (Lipinski definition) is 4. The topological polar surface area (TPSA) is 68.0 Å².